The van der Waals surface area contributed by atoms with Gasteiger partial charge in [-0.3, -0.25) is 0 Å². The molecular weight excluding hydrogens is 317 g/mol. The fourth-order valence-electron chi connectivity index (χ4n) is 1.72. The summed E-state index contributed by atoms with van der Waals surface area (Å²) in [5, 5.41) is 1.95. The first-order chi connectivity index (χ1) is 8.25. The summed E-state index contributed by atoms with van der Waals surface area (Å²) >= 11 is 11.7. The van der Waals surface area contributed by atoms with Gasteiger partial charge in [0, 0.05) is 0 Å². The van der Waals surface area contributed by atoms with Gasteiger partial charge < -0.3 is 0 Å². The Bertz CT molecular complexity index is 727. The fraction of sp³-hybridized carbons (Fsp3) is 0. The van der Waals surface area contributed by atoms with Gasteiger partial charge in [0.2, 0.25) is 0 Å². The number of hydrogen-bond acceptors (Lipinski definition) is 1. The molecule has 1 heterocycles. The van der Waals surface area contributed by atoms with Crippen molar-refractivity contribution in [1.29, 1.82) is 0 Å². The number of benzene rings is 2. The van der Waals surface area contributed by atoms with Crippen LogP contribution in [0.25, 0.3) is 15.3 Å². The average molecular weight is 325 g/mol. The molecule has 0 amide bonds. The Morgan fingerprint density at radius 1 is 1.00 bits per heavy atom. The molecule has 0 radical (unpaired) electrons. The van der Waals surface area contributed by atoms with E-state index in [1.54, 1.807) is 0 Å². The third-order valence-corrected chi connectivity index (χ3v) is 5.84. The van der Waals surface area contributed by atoms with Crippen molar-refractivity contribution in [1.82, 2.24) is 3.56 Å². The van der Waals surface area contributed by atoms with Gasteiger partial charge in [-0.2, -0.15) is 0 Å². The Morgan fingerprint density at radius 3 is 2.41 bits per heavy atom. The van der Waals surface area contributed by atoms with Crippen LogP contribution in [0.1, 0.15) is 0 Å². The molecule has 0 aliphatic carbocycles. The van der Waals surface area contributed by atoms with Crippen molar-refractivity contribution in [3.8, 4) is 5.69 Å². The fourth-order valence-corrected chi connectivity index (χ4v) is 4.58. The molecule has 0 saturated heterocycles. The number of fused-ring (bicyclic) bond motifs is 1. The van der Waals surface area contributed by atoms with Crippen molar-refractivity contribution in [2.45, 2.75) is 0 Å². The Labute approximate surface area is 115 Å². The molecule has 0 bridgehead atoms. The predicted molar refractivity (Wildman–Crippen MR) is 76.1 cm³/mol. The van der Waals surface area contributed by atoms with Crippen LogP contribution in [0.2, 0.25) is 5.02 Å². The summed E-state index contributed by atoms with van der Waals surface area (Å²) in [6.07, 6.45) is 0. The van der Waals surface area contributed by atoms with E-state index < -0.39 is 0 Å². The Balaban J connectivity index is 2.27. The molecule has 0 N–H and O–H groups in total. The first-order valence-electron chi connectivity index (χ1n) is 5.13. The zero-order valence-corrected chi connectivity index (χ0v) is 12.0. The van der Waals surface area contributed by atoms with Gasteiger partial charge >= 0.3 is 116 Å². The van der Waals surface area contributed by atoms with Gasteiger partial charge in [0.25, 0.3) is 0 Å². The van der Waals surface area contributed by atoms with E-state index in [0.29, 0.717) is 0 Å². The predicted octanol–water partition coefficient (Wildman–Crippen LogP) is 4.07. The van der Waals surface area contributed by atoms with E-state index >= 15 is 0 Å². The van der Waals surface area contributed by atoms with E-state index in [-0.39, 0.29) is 14.7 Å². The summed E-state index contributed by atoms with van der Waals surface area (Å²) < 4.78 is 4.46. The Hall–Kier alpha value is -0.861. The maximum absolute atomic E-state index is 5.90. The summed E-state index contributed by atoms with van der Waals surface area (Å²) in [4.78, 5) is 0. The molecule has 84 valence electrons. The summed E-state index contributed by atoms with van der Waals surface area (Å²) in [6, 6.07) is 16.2. The molecule has 0 unspecified atom stereocenters. The molecule has 0 spiro atoms. The molecule has 4 heteroatoms. The molecule has 1 nitrogen and oxygen atoms in total. The van der Waals surface area contributed by atoms with Crippen LogP contribution in [0.3, 0.4) is 0 Å². The maximum atomic E-state index is 5.90. The number of nitrogens with zero attached hydrogens (tertiary/aromatic N) is 1. The van der Waals surface area contributed by atoms with Crippen LogP contribution in [-0.4, -0.2) is 18.3 Å². The van der Waals surface area contributed by atoms with Gasteiger partial charge in [0.1, 0.15) is 0 Å². The van der Waals surface area contributed by atoms with Gasteiger partial charge in [-0.15, -0.1) is 0 Å². The van der Waals surface area contributed by atoms with Crippen LogP contribution in [-0.2, 0) is 0 Å². The second-order valence-corrected chi connectivity index (χ2v) is 6.56. The summed E-state index contributed by atoms with van der Waals surface area (Å²) in [5.41, 5.74) is 1.12. The second-order valence-electron chi connectivity index (χ2n) is 3.66. The van der Waals surface area contributed by atoms with Crippen LogP contribution in [0.4, 0.5) is 0 Å². The molecule has 1 aromatic heterocycles. The SMILES string of the molecule is S=c1c2ccccc2[se]n1-c1ccc(Cl)cc1. The zero-order chi connectivity index (χ0) is 11.8. The van der Waals surface area contributed by atoms with Gasteiger partial charge in [0.15, 0.2) is 0 Å². The van der Waals surface area contributed by atoms with E-state index in [9.17, 15) is 0 Å². The Kier molecular flexibility index (Phi) is 2.93. The van der Waals surface area contributed by atoms with Crippen molar-refractivity contribution in [3.63, 3.8) is 0 Å². The number of rotatable bonds is 1. The van der Waals surface area contributed by atoms with Gasteiger partial charge in [0.05, 0.1) is 0 Å². The zero-order valence-electron chi connectivity index (χ0n) is 8.76. The standard InChI is InChI=1S/C13H8ClNSSe/c14-9-5-7-10(8-6-9)15-13(16)11-3-1-2-4-12(11)17-15/h1-8H. The average Bonchev–Trinajstić information content (AvgIpc) is 2.69. The molecule has 3 aromatic rings. The van der Waals surface area contributed by atoms with Crippen molar-refractivity contribution in [3.05, 3.63) is 58.2 Å². The van der Waals surface area contributed by atoms with Gasteiger partial charge in [-0.05, 0) is 0 Å². The Morgan fingerprint density at radius 2 is 1.71 bits per heavy atom. The summed E-state index contributed by atoms with van der Waals surface area (Å²) in [7, 11) is 0. The second kappa shape index (κ2) is 4.43. The number of hydrogen-bond donors (Lipinski definition) is 0. The van der Waals surface area contributed by atoms with Crippen LogP contribution in [0.5, 0.6) is 0 Å². The van der Waals surface area contributed by atoms with E-state index in [1.807, 2.05) is 30.3 Å². The molecule has 3 rings (SSSR count). The minimum atomic E-state index is 0.238. The molecule has 0 aliphatic heterocycles. The molecule has 17 heavy (non-hydrogen) atoms. The summed E-state index contributed by atoms with van der Waals surface area (Å²) in [5.74, 6) is 0. The van der Waals surface area contributed by atoms with Crippen LogP contribution in [0, 0.1) is 4.64 Å². The normalized spacial score (nSPS) is 10.9. The molecule has 0 aliphatic rings. The molecule has 0 atom stereocenters. The minimum absolute atomic E-state index is 0.238. The van der Waals surface area contributed by atoms with Crippen molar-refractivity contribution in [2.24, 2.45) is 0 Å². The number of aromatic nitrogens is 1. The van der Waals surface area contributed by atoms with E-state index in [1.165, 1.54) is 9.65 Å². The first-order valence-corrected chi connectivity index (χ1v) is 7.53. The van der Waals surface area contributed by atoms with Crippen molar-refractivity contribution < 1.29 is 0 Å². The molecule has 0 fully saturated rings. The number of halogens is 1. The van der Waals surface area contributed by atoms with E-state index in [2.05, 4.69) is 21.8 Å². The van der Waals surface area contributed by atoms with Crippen molar-refractivity contribution in [2.75, 3.05) is 0 Å². The molecule has 2 aromatic carbocycles. The topological polar surface area (TPSA) is 4.93 Å². The van der Waals surface area contributed by atoms with Gasteiger partial charge in [-0.1, -0.05) is 0 Å². The van der Waals surface area contributed by atoms with E-state index in [0.717, 1.165) is 15.4 Å². The van der Waals surface area contributed by atoms with Crippen LogP contribution in [0.15, 0.2) is 48.5 Å². The molecule has 0 saturated carbocycles. The first kappa shape index (κ1) is 11.2. The van der Waals surface area contributed by atoms with E-state index in [4.69, 9.17) is 23.8 Å². The quantitative estimate of drug-likeness (QED) is 0.482. The third-order valence-electron chi connectivity index (χ3n) is 2.55. The molecular formula is C13H8ClNSSe. The summed E-state index contributed by atoms with van der Waals surface area (Å²) in [6.45, 7) is 0. The van der Waals surface area contributed by atoms with Crippen LogP contribution < -0.4 is 0 Å². The van der Waals surface area contributed by atoms with Crippen molar-refractivity contribution >= 4 is 48.2 Å². The third kappa shape index (κ3) is 2.00. The van der Waals surface area contributed by atoms with Gasteiger partial charge in [-0.25, -0.2) is 0 Å². The van der Waals surface area contributed by atoms with Crippen LogP contribution >= 0.6 is 23.8 Å². The monoisotopic (exact) mass is 325 g/mol.